The summed E-state index contributed by atoms with van der Waals surface area (Å²) in [7, 11) is 0. The molecule has 1 aromatic carbocycles. The van der Waals surface area contributed by atoms with Gasteiger partial charge in [0.1, 0.15) is 11.6 Å². The van der Waals surface area contributed by atoms with Gasteiger partial charge in [0, 0.05) is 11.5 Å². The van der Waals surface area contributed by atoms with Crippen molar-refractivity contribution >= 4 is 23.3 Å². The third-order valence-corrected chi connectivity index (χ3v) is 4.38. The zero-order chi connectivity index (χ0) is 12.9. The van der Waals surface area contributed by atoms with E-state index in [9.17, 15) is 9.59 Å². The number of rotatable bonds is 6. The van der Waals surface area contributed by atoms with Crippen molar-refractivity contribution in [3.8, 4) is 0 Å². The van der Waals surface area contributed by atoms with Crippen molar-refractivity contribution in [1.29, 1.82) is 0 Å². The smallest absolute Gasteiger partial charge is 0.143 e. The van der Waals surface area contributed by atoms with Gasteiger partial charge in [-0.2, -0.15) is 11.8 Å². The van der Waals surface area contributed by atoms with E-state index in [4.69, 9.17) is 0 Å². The Morgan fingerprint density at radius 1 is 1.12 bits per heavy atom. The standard InChI is InChI=1S/C14H18O2S/c1-11(15)14(3,12(2)16)10-17-9-13-7-5-4-6-8-13/h4-8H,9-10H2,1-3H3. The summed E-state index contributed by atoms with van der Waals surface area (Å²) >= 11 is 1.63. The molecular formula is C14H18O2S. The van der Waals surface area contributed by atoms with E-state index in [-0.39, 0.29) is 11.6 Å². The van der Waals surface area contributed by atoms with Crippen molar-refractivity contribution in [3.63, 3.8) is 0 Å². The van der Waals surface area contributed by atoms with E-state index in [0.717, 1.165) is 5.75 Å². The minimum atomic E-state index is -0.834. The molecule has 0 fully saturated rings. The number of thioether (sulfide) groups is 1. The molecule has 0 atom stereocenters. The second-order valence-corrected chi connectivity index (χ2v) is 5.41. The summed E-state index contributed by atoms with van der Waals surface area (Å²) in [4.78, 5) is 23.0. The number of hydrogen-bond acceptors (Lipinski definition) is 3. The Balaban J connectivity index is 2.55. The van der Waals surface area contributed by atoms with Crippen LogP contribution in [0, 0.1) is 5.41 Å². The molecule has 0 bridgehead atoms. The van der Waals surface area contributed by atoms with E-state index in [1.165, 1.54) is 19.4 Å². The number of hydrogen-bond donors (Lipinski definition) is 0. The van der Waals surface area contributed by atoms with E-state index in [0.29, 0.717) is 5.75 Å². The molecule has 17 heavy (non-hydrogen) atoms. The van der Waals surface area contributed by atoms with Gasteiger partial charge < -0.3 is 0 Å². The second-order valence-electron chi connectivity index (χ2n) is 4.42. The fraction of sp³-hybridized carbons (Fsp3) is 0.429. The van der Waals surface area contributed by atoms with Gasteiger partial charge in [-0.25, -0.2) is 0 Å². The number of carbonyl (C=O) groups excluding carboxylic acids is 2. The van der Waals surface area contributed by atoms with Crippen LogP contribution >= 0.6 is 11.8 Å². The molecule has 1 rings (SSSR count). The number of benzene rings is 1. The van der Waals surface area contributed by atoms with Crippen LogP contribution in [0.5, 0.6) is 0 Å². The van der Waals surface area contributed by atoms with Crippen LogP contribution in [0.1, 0.15) is 26.3 Å². The third kappa shape index (κ3) is 3.70. The maximum atomic E-state index is 11.5. The molecule has 0 N–H and O–H groups in total. The Morgan fingerprint density at radius 2 is 1.65 bits per heavy atom. The molecule has 1 aromatic rings. The van der Waals surface area contributed by atoms with Gasteiger partial charge in [0.25, 0.3) is 0 Å². The minimum Gasteiger partial charge on any atom is -0.299 e. The van der Waals surface area contributed by atoms with Gasteiger partial charge >= 0.3 is 0 Å². The van der Waals surface area contributed by atoms with Crippen molar-refractivity contribution in [2.75, 3.05) is 5.75 Å². The highest BCUT2D eigenvalue weighted by molar-refractivity contribution is 7.98. The number of Topliss-reactive ketones (excluding diaryl/α,β-unsaturated/α-hetero) is 2. The van der Waals surface area contributed by atoms with Crippen LogP contribution in [-0.2, 0) is 15.3 Å². The van der Waals surface area contributed by atoms with E-state index in [2.05, 4.69) is 0 Å². The molecule has 0 saturated heterocycles. The zero-order valence-electron chi connectivity index (χ0n) is 10.5. The molecule has 0 heterocycles. The molecule has 0 saturated carbocycles. The first-order valence-electron chi connectivity index (χ1n) is 5.60. The molecule has 0 amide bonds. The molecule has 2 nitrogen and oxygen atoms in total. The van der Waals surface area contributed by atoms with Gasteiger partial charge in [0.05, 0.1) is 5.41 Å². The van der Waals surface area contributed by atoms with E-state index < -0.39 is 5.41 Å². The maximum absolute atomic E-state index is 11.5. The lowest BCUT2D eigenvalue weighted by Gasteiger charge is -2.22. The lowest BCUT2D eigenvalue weighted by molar-refractivity contribution is -0.135. The number of carbonyl (C=O) groups is 2. The van der Waals surface area contributed by atoms with Gasteiger partial charge in [-0.3, -0.25) is 9.59 Å². The molecule has 0 aliphatic carbocycles. The molecule has 92 valence electrons. The van der Waals surface area contributed by atoms with Crippen LogP contribution in [0.2, 0.25) is 0 Å². The summed E-state index contributed by atoms with van der Waals surface area (Å²) in [6, 6.07) is 10.1. The Labute approximate surface area is 107 Å². The van der Waals surface area contributed by atoms with E-state index in [1.54, 1.807) is 18.7 Å². The molecule has 0 aliphatic heterocycles. The quantitative estimate of drug-likeness (QED) is 0.727. The molecule has 0 radical (unpaired) electrons. The summed E-state index contributed by atoms with van der Waals surface area (Å²) in [6.45, 7) is 4.71. The van der Waals surface area contributed by atoms with Crippen LogP contribution < -0.4 is 0 Å². The third-order valence-electron chi connectivity index (χ3n) is 3.06. The first-order chi connectivity index (χ1) is 7.97. The lowest BCUT2D eigenvalue weighted by atomic mass is 9.85. The second kappa shape index (κ2) is 6.01. The topological polar surface area (TPSA) is 34.1 Å². The maximum Gasteiger partial charge on any atom is 0.143 e. The van der Waals surface area contributed by atoms with Gasteiger partial charge in [-0.1, -0.05) is 30.3 Å². The average Bonchev–Trinajstić information content (AvgIpc) is 2.29. The Hall–Kier alpha value is -1.09. The van der Waals surface area contributed by atoms with Crippen molar-refractivity contribution < 1.29 is 9.59 Å². The van der Waals surface area contributed by atoms with Gasteiger partial charge in [0.2, 0.25) is 0 Å². The van der Waals surface area contributed by atoms with Gasteiger partial charge in [0.15, 0.2) is 0 Å². The Morgan fingerprint density at radius 3 is 2.12 bits per heavy atom. The molecule has 0 aromatic heterocycles. The predicted molar refractivity (Wildman–Crippen MR) is 72.1 cm³/mol. The van der Waals surface area contributed by atoms with E-state index >= 15 is 0 Å². The molecule has 0 unspecified atom stereocenters. The van der Waals surface area contributed by atoms with Crippen LogP contribution in [0.4, 0.5) is 0 Å². The normalized spacial score (nSPS) is 11.2. The van der Waals surface area contributed by atoms with Crippen molar-refractivity contribution in [2.45, 2.75) is 26.5 Å². The fourth-order valence-corrected chi connectivity index (χ4v) is 2.74. The highest BCUT2D eigenvalue weighted by Crippen LogP contribution is 2.26. The highest BCUT2D eigenvalue weighted by Gasteiger charge is 2.34. The molecule has 3 heteroatoms. The van der Waals surface area contributed by atoms with Crippen molar-refractivity contribution in [2.24, 2.45) is 5.41 Å². The highest BCUT2D eigenvalue weighted by atomic mass is 32.2. The minimum absolute atomic E-state index is 0.0504. The van der Waals surface area contributed by atoms with Crippen molar-refractivity contribution in [3.05, 3.63) is 35.9 Å². The Bertz CT molecular complexity index is 384. The molecule has 0 aliphatic rings. The average molecular weight is 250 g/mol. The first-order valence-corrected chi connectivity index (χ1v) is 6.76. The first kappa shape index (κ1) is 14.0. The van der Waals surface area contributed by atoms with Crippen LogP contribution in [0.15, 0.2) is 30.3 Å². The molecular weight excluding hydrogens is 232 g/mol. The lowest BCUT2D eigenvalue weighted by Crippen LogP contribution is -2.35. The summed E-state index contributed by atoms with van der Waals surface area (Å²) in [5.41, 5.74) is 0.381. The Kier molecular flexibility index (Phi) is 4.94. The van der Waals surface area contributed by atoms with Crippen molar-refractivity contribution in [1.82, 2.24) is 0 Å². The van der Waals surface area contributed by atoms with E-state index in [1.807, 2.05) is 30.3 Å². The zero-order valence-corrected chi connectivity index (χ0v) is 11.3. The number of ketones is 2. The van der Waals surface area contributed by atoms with Gasteiger partial charge in [-0.15, -0.1) is 0 Å². The van der Waals surface area contributed by atoms with Crippen LogP contribution in [0.25, 0.3) is 0 Å². The summed E-state index contributed by atoms with van der Waals surface area (Å²) in [6.07, 6.45) is 0. The van der Waals surface area contributed by atoms with Crippen LogP contribution in [-0.4, -0.2) is 17.3 Å². The van der Waals surface area contributed by atoms with Crippen LogP contribution in [0.3, 0.4) is 0 Å². The fourth-order valence-electron chi connectivity index (χ4n) is 1.40. The molecule has 0 spiro atoms. The predicted octanol–water partition coefficient (Wildman–Crippen LogP) is 3.10. The summed E-state index contributed by atoms with van der Waals surface area (Å²) in [5, 5.41) is 0. The largest absolute Gasteiger partial charge is 0.299 e. The SMILES string of the molecule is CC(=O)C(C)(CSCc1ccccc1)C(C)=O. The van der Waals surface area contributed by atoms with Gasteiger partial charge in [-0.05, 0) is 26.3 Å². The monoisotopic (exact) mass is 250 g/mol. The summed E-state index contributed by atoms with van der Waals surface area (Å²) in [5.74, 6) is 1.28. The summed E-state index contributed by atoms with van der Waals surface area (Å²) < 4.78 is 0.